The maximum atomic E-state index is 13.3. The van der Waals surface area contributed by atoms with Crippen LogP contribution in [0, 0.1) is 0 Å². The van der Waals surface area contributed by atoms with Crippen molar-refractivity contribution in [2.24, 2.45) is 0 Å². The maximum absolute atomic E-state index is 13.3. The third-order valence-electron chi connectivity index (χ3n) is 5.73. The molecule has 0 aliphatic carbocycles. The minimum atomic E-state index is -0.445. The molecule has 3 aromatic rings. The molecule has 0 radical (unpaired) electrons. The number of hydrogen-bond acceptors (Lipinski definition) is 5. The zero-order chi connectivity index (χ0) is 22.7. The van der Waals surface area contributed by atoms with Crippen LogP contribution in [-0.4, -0.2) is 33.0 Å². The second kappa shape index (κ2) is 9.21. The van der Waals surface area contributed by atoms with Crippen LogP contribution in [0.25, 0.3) is 0 Å². The SMILES string of the molecule is CCc1cc(CNC(=O)c2c3c(cn(Cc4ccccc4)c2=O)CN(C(C)=O)CC3)on1. The van der Waals surface area contributed by atoms with Crippen molar-refractivity contribution in [1.29, 1.82) is 0 Å². The van der Waals surface area contributed by atoms with Gasteiger partial charge in [0.1, 0.15) is 5.56 Å². The highest BCUT2D eigenvalue weighted by atomic mass is 16.5. The van der Waals surface area contributed by atoms with E-state index in [4.69, 9.17) is 4.52 Å². The van der Waals surface area contributed by atoms with Crippen LogP contribution in [0.15, 0.2) is 51.9 Å². The first kappa shape index (κ1) is 21.5. The lowest BCUT2D eigenvalue weighted by Crippen LogP contribution is -2.40. The van der Waals surface area contributed by atoms with Gasteiger partial charge in [-0.25, -0.2) is 0 Å². The molecule has 0 saturated heterocycles. The lowest BCUT2D eigenvalue weighted by molar-refractivity contribution is -0.129. The fourth-order valence-electron chi connectivity index (χ4n) is 3.97. The second-order valence-corrected chi connectivity index (χ2v) is 7.94. The summed E-state index contributed by atoms with van der Waals surface area (Å²) in [6.45, 7) is 4.84. The fraction of sp³-hybridized carbons (Fsp3) is 0.333. The Morgan fingerprint density at radius 3 is 2.69 bits per heavy atom. The number of nitrogens with one attached hydrogen (secondary N) is 1. The molecule has 2 amide bonds. The average molecular weight is 434 g/mol. The van der Waals surface area contributed by atoms with E-state index in [0.29, 0.717) is 37.4 Å². The average Bonchev–Trinajstić information content (AvgIpc) is 3.26. The van der Waals surface area contributed by atoms with E-state index < -0.39 is 5.91 Å². The zero-order valence-electron chi connectivity index (χ0n) is 18.3. The Hall–Kier alpha value is -3.68. The van der Waals surface area contributed by atoms with Gasteiger partial charge in [0, 0.05) is 32.3 Å². The molecule has 0 spiro atoms. The standard InChI is InChI=1S/C24H26N4O4/c1-3-19-11-20(32-26-19)12-25-23(30)22-21-9-10-27(16(2)29)14-18(21)15-28(24(22)31)13-17-7-5-4-6-8-17/h4-8,11,15H,3,9-10,12-14H2,1-2H3,(H,25,30). The van der Waals surface area contributed by atoms with Crippen LogP contribution in [0.3, 0.4) is 0 Å². The van der Waals surface area contributed by atoms with E-state index in [1.54, 1.807) is 21.7 Å². The Labute approximate surface area is 185 Å². The molecule has 8 nitrogen and oxygen atoms in total. The van der Waals surface area contributed by atoms with Crippen LogP contribution in [0.1, 0.15) is 52.3 Å². The van der Waals surface area contributed by atoms with E-state index in [2.05, 4.69) is 10.5 Å². The Balaban J connectivity index is 1.68. The molecule has 166 valence electrons. The summed E-state index contributed by atoms with van der Waals surface area (Å²) in [5, 5.41) is 6.73. The van der Waals surface area contributed by atoms with Crippen molar-refractivity contribution >= 4 is 11.8 Å². The molecule has 3 heterocycles. The van der Waals surface area contributed by atoms with Crippen molar-refractivity contribution < 1.29 is 14.1 Å². The highest BCUT2D eigenvalue weighted by Gasteiger charge is 2.27. The first-order chi connectivity index (χ1) is 15.5. The number of pyridine rings is 1. The predicted molar refractivity (Wildman–Crippen MR) is 118 cm³/mol. The summed E-state index contributed by atoms with van der Waals surface area (Å²) in [5.74, 6) is 0.0614. The minimum Gasteiger partial charge on any atom is -0.359 e. The number of aromatic nitrogens is 2. The molecular formula is C24H26N4O4. The van der Waals surface area contributed by atoms with Crippen molar-refractivity contribution in [3.8, 4) is 0 Å². The number of amides is 2. The van der Waals surface area contributed by atoms with Crippen LogP contribution in [-0.2, 0) is 37.3 Å². The number of carbonyl (C=O) groups is 2. The summed E-state index contributed by atoms with van der Waals surface area (Å²) in [5.41, 5.74) is 3.08. The highest BCUT2D eigenvalue weighted by Crippen LogP contribution is 2.21. The van der Waals surface area contributed by atoms with E-state index in [-0.39, 0.29) is 23.6 Å². The third-order valence-corrected chi connectivity index (χ3v) is 5.73. The van der Waals surface area contributed by atoms with Gasteiger partial charge in [-0.05, 0) is 29.5 Å². The molecule has 1 N–H and O–H groups in total. The van der Waals surface area contributed by atoms with Crippen LogP contribution in [0.4, 0.5) is 0 Å². The molecule has 0 unspecified atom stereocenters. The molecule has 32 heavy (non-hydrogen) atoms. The van der Waals surface area contributed by atoms with Crippen LogP contribution in [0.5, 0.6) is 0 Å². The Morgan fingerprint density at radius 1 is 1.22 bits per heavy atom. The smallest absolute Gasteiger partial charge is 0.264 e. The van der Waals surface area contributed by atoms with E-state index >= 15 is 0 Å². The monoisotopic (exact) mass is 434 g/mol. The molecular weight excluding hydrogens is 408 g/mol. The Morgan fingerprint density at radius 2 is 2.00 bits per heavy atom. The predicted octanol–water partition coefficient (Wildman–Crippen LogP) is 2.28. The quantitative estimate of drug-likeness (QED) is 0.642. The normalized spacial score (nSPS) is 13.0. The number of carbonyl (C=O) groups excluding carboxylic acids is 2. The Bertz CT molecular complexity index is 1200. The fourth-order valence-corrected chi connectivity index (χ4v) is 3.97. The molecule has 0 fully saturated rings. The number of hydrogen-bond donors (Lipinski definition) is 1. The lowest BCUT2D eigenvalue weighted by Gasteiger charge is -2.29. The van der Waals surface area contributed by atoms with Gasteiger partial charge in [0.25, 0.3) is 11.5 Å². The van der Waals surface area contributed by atoms with Crippen LogP contribution < -0.4 is 10.9 Å². The van der Waals surface area contributed by atoms with Gasteiger partial charge in [0.2, 0.25) is 5.91 Å². The van der Waals surface area contributed by atoms with E-state index in [0.717, 1.165) is 23.2 Å². The van der Waals surface area contributed by atoms with Crippen LogP contribution in [0.2, 0.25) is 0 Å². The zero-order valence-corrected chi connectivity index (χ0v) is 18.3. The number of rotatable bonds is 6. The Kier molecular flexibility index (Phi) is 6.20. The van der Waals surface area contributed by atoms with Crippen molar-refractivity contribution in [2.75, 3.05) is 6.54 Å². The van der Waals surface area contributed by atoms with E-state index in [9.17, 15) is 14.4 Å². The molecule has 0 saturated carbocycles. The summed E-state index contributed by atoms with van der Waals surface area (Å²) in [6, 6.07) is 11.4. The van der Waals surface area contributed by atoms with Gasteiger partial charge in [-0.15, -0.1) is 0 Å². The van der Waals surface area contributed by atoms with Gasteiger partial charge in [-0.3, -0.25) is 14.4 Å². The number of benzene rings is 1. The number of nitrogens with zero attached hydrogens (tertiary/aromatic N) is 3. The number of fused-ring (bicyclic) bond motifs is 1. The van der Waals surface area contributed by atoms with Crippen LogP contribution >= 0.6 is 0 Å². The lowest BCUT2D eigenvalue weighted by atomic mass is 9.95. The minimum absolute atomic E-state index is 0.0282. The van der Waals surface area contributed by atoms with Gasteiger partial charge in [0.15, 0.2) is 5.76 Å². The second-order valence-electron chi connectivity index (χ2n) is 7.94. The van der Waals surface area contributed by atoms with Gasteiger partial charge in [-0.1, -0.05) is 42.4 Å². The summed E-state index contributed by atoms with van der Waals surface area (Å²) >= 11 is 0. The van der Waals surface area contributed by atoms with Crippen molar-refractivity contribution in [3.05, 3.63) is 86.7 Å². The third kappa shape index (κ3) is 4.49. The first-order valence-electron chi connectivity index (χ1n) is 10.7. The molecule has 0 atom stereocenters. The van der Waals surface area contributed by atoms with Gasteiger partial charge < -0.3 is 19.3 Å². The molecule has 2 aromatic heterocycles. The summed E-state index contributed by atoms with van der Waals surface area (Å²) in [7, 11) is 0. The largest absolute Gasteiger partial charge is 0.359 e. The first-order valence-corrected chi connectivity index (χ1v) is 10.7. The number of aryl methyl sites for hydroxylation is 1. The van der Waals surface area contributed by atoms with Crippen molar-refractivity contribution in [2.45, 2.75) is 46.3 Å². The molecule has 1 aliphatic heterocycles. The molecule has 4 rings (SSSR count). The highest BCUT2D eigenvalue weighted by molar-refractivity contribution is 5.95. The topological polar surface area (TPSA) is 97.4 Å². The van der Waals surface area contributed by atoms with Gasteiger partial charge in [0.05, 0.1) is 18.8 Å². The molecule has 8 heteroatoms. The van der Waals surface area contributed by atoms with Gasteiger partial charge >= 0.3 is 0 Å². The van der Waals surface area contributed by atoms with E-state index in [1.165, 1.54) is 6.92 Å². The summed E-state index contributed by atoms with van der Waals surface area (Å²) in [6.07, 6.45) is 2.97. The summed E-state index contributed by atoms with van der Waals surface area (Å²) in [4.78, 5) is 40.1. The van der Waals surface area contributed by atoms with Crippen molar-refractivity contribution in [1.82, 2.24) is 19.9 Å². The molecule has 1 aliphatic rings. The van der Waals surface area contributed by atoms with Gasteiger partial charge in [-0.2, -0.15) is 0 Å². The maximum Gasteiger partial charge on any atom is 0.264 e. The van der Waals surface area contributed by atoms with Crippen molar-refractivity contribution in [3.63, 3.8) is 0 Å². The molecule has 0 bridgehead atoms. The molecule has 1 aromatic carbocycles. The van der Waals surface area contributed by atoms with E-state index in [1.807, 2.05) is 37.3 Å². The summed E-state index contributed by atoms with van der Waals surface area (Å²) < 4.78 is 6.79.